The largest absolute Gasteiger partial charge is 0.350 e. The lowest BCUT2D eigenvalue weighted by Gasteiger charge is -2.31. The number of fused-ring (bicyclic) bond motifs is 1. The summed E-state index contributed by atoms with van der Waals surface area (Å²) >= 11 is 0. The van der Waals surface area contributed by atoms with E-state index < -0.39 is 0 Å². The van der Waals surface area contributed by atoms with Gasteiger partial charge in [-0.1, -0.05) is 6.07 Å². The maximum Gasteiger partial charge on any atom is 0.350 e. The summed E-state index contributed by atoms with van der Waals surface area (Å²) in [4.78, 5) is 14.5. The van der Waals surface area contributed by atoms with E-state index in [1.807, 2.05) is 18.2 Å². The SMILES string of the molecule is CC1CN(CCn2nc3ccccn3c2=O)CCN1. The highest BCUT2D eigenvalue weighted by atomic mass is 16.2. The molecule has 0 saturated carbocycles. The van der Waals surface area contributed by atoms with E-state index in [4.69, 9.17) is 0 Å². The first-order valence-electron chi connectivity index (χ1n) is 6.74. The van der Waals surface area contributed by atoms with Crippen LogP contribution in [0, 0.1) is 0 Å². The number of hydrogen-bond acceptors (Lipinski definition) is 4. The molecule has 2 aromatic heterocycles. The summed E-state index contributed by atoms with van der Waals surface area (Å²) in [6.45, 7) is 6.78. The number of piperazine rings is 1. The van der Waals surface area contributed by atoms with Gasteiger partial charge in [0.1, 0.15) is 0 Å². The number of nitrogens with zero attached hydrogens (tertiary/aromatic N) is 4. The van der Waals surface area contributed by atoms with Gasteiger partial charge >= 0.3 is 5.69 Å². The summed E-state index contributed by atoms with van der Waals surface area (Å²) < 4.78 is 3.14. The van der Waals surface area contributed by atoms with E-state index in [1.54, 1.807) is 15.3 Å². The lowest BCUT2D eigenvalue weighted by atomic mass is 10.2. The predicted molar refractivity (Wildman–Crippen MR) is 73.4 cm³/mol. The average Bonchev–Trinajstić information content (AvgIpc) is 2.74. The molecule has 1 saturated heterocycles. The zero-order valence-electron chi connectivity index (χ0n) is 11.1. The van der Waals surface area contributed by atoms with Gasteiger partial charge in [0, 0.05) is 38.4 Å². The molecule has 3 rings (SSSR count). The van der Waals surface area contributed by atoms with Crippen molar-refractivity contribution in [1.82, 2.24) is 24.4 Å². The Labute approximate surface area is 111 Å². The predicted octanol–water partition coefficient (Wildman–Crippen LogP) is -0.210. The Bertz CT molecular complexity index is 617. The molecule has 6 nitrogen and oxygen atoms in total. The van der Waals surface area contributed by atoms with Gasteiger partial charge in [-0.05, 0) is 19.1 Å². The smallest absolute Gasteiger partial charge is 0.312 e. The second-order valence-corrected chi connectivity index (χ2v) is 5.09. The molecule has 1 fully saturated rings. The standard InChI is InChI=1S/C13H19N5O/c1-11-10-16(7-5-14-11)8-9-18-13(19)17-6-3-2-4-12(17)15-18/h2-4,6,11,14H,5,7-10H2,1H3. The topological polar surface area (TPSA) is 54.6 Å². The number of nitrogens with one attached hydrogen (secondary N) is 1. The maximum atomic E-state index is 12.1. The molecule has 1 unspecified atom stereocenters. The van der Waals surface area contributed by atoms with Crippen LogP contribution in [-0.4, -0.2) is 51.3 Å². The summed E-state index contributed by atoms with van der Waals surface area (Å²) in [6, 6.07) is 6.11. The van der Waals surface area contributed by atoms with E-state index in [0.717, 1.165) is 26.2 Å². The van der Waals surface area contributed by atoms with Gasteiger partial charge in [0.05, 0.1) is 6.54 Å². The molecule has 0 bridgehead atoms. The van der Waals surface area contributed by atoms with Crippen LogP contribution in [0.1, 0.15) is 6.92 Å². The van der Waals surface area contributed by atoms with Crippen LogP contribution in [0.25, 0.3) is 5.65 Å². The van der Waals surface area contributed by atoms with Crippen LogP contribution in [-0.2, 0) is 6.54 Å². The van der Waals surface area contributed by atoms with Crippen LogP contribution in [0.2, 0.25) is 0 Å². The van der Waals surface area contributed by atoms with Gasteiger partial charge in [0.15, 0.2) is 5.65 Å². The van der Waals surface area contributed by atoms with Crippen molar-refractivity contribution in [3.63, 3.8) is 0 Å². The average molecular weight is 261 g/mol. The van der Waals surface area contributed by atoms with Crippen molar-refractivity contribution in [2.24, 2.45) is 0 Å². The van der Waals surface area contributed by atoms with Crippen LogP contribution < -0.4 is 11.0 Å². The first-order chi connectivity index (χ1) is 9.24. The normalized spacial score (nSPS) is 21.0. The summed E-state index contributed by atoms with van der Waals surface area (Å²) in [5.74, 6) is 0. The molecule has 1 aliphatic heterocycles. The zero-order chi connectivity index (χ0) is 13.2. The maximum absolute atomic E-state index is 12.1. The summed E-state index contributed by atoms with van der Waals surface area (Å²) in [6.07, 6.45) is 1.76. The Balaban J connectivity index is 1.71. The van der Waals surface area contributed by atoms with Crippen LogP contribution in [0.5, 0.6) is 0 Å². The Morgan fingerprint density at radius 3 is 3.11 bits per heavy atom. The van der Waals surface area contributed by atoms with Gasteiger partial charge < -0.3 is 5.32 Å². The first-order valence-corrected chi connectivity index (χ1v) is 6.74. The molecule has 3 heterocycles. The van der Waals surface area contributed by atoms with Gasteiger partial charge in [-0.3, -0.25) is 9.30 Å². The van der Waals surface area contributed by atoms with Gasteiger partial charge in [0.2, 0.25) is 0 Å². The Morgan fingerprint density at radius 2 is 2.32 bits per heavy atom. The third-order valence-corrected chi connectivity index (χ3v) is 3.57. The fourth-order valence-electron chi connectivity index (χ4n) is 2.57. The van der Waals surface area contributed by atoms with Gasteiger partial charge in [-0.25, -0.2) is 9.48 Å². The van der Waals surface area contributed by atoms with E-state index in [9.17, 15) is 4.79 Å². The molecule has 1 N–H and O–H groups in total. The van der Waals surface area contributed by atoms with Crippen LogP contribution >= 0.6 is 0 Å². The number of rotatable bonds is 3. The lowest BCUT2D eigenvalue weighted by molar-refractivity contribution is 0.197. The molecule has 1 atom stereocenters. The van der Waals surface area contributed by atoms with Crippen molar-refractivity contribution in [2.45, 2.75) is 19.5 Å². The second kappa shape index (κ2) is 5.14. The molecule has 2 aromatic rings. The van der Waals surface area contributed by atoms with E-state index in [-0.39, 0.29) is 5.69 Å². The molecule has 0 aliphatic carbocycles. The fraction of sp³-hybridized carbons (Fsp3) is 0.538. The van der Waals surface area contributed by atoms with Crippen LogP contribution in [0.4, 0.5) is 0 Å². The van der Waals surface area contributed by atoms with Crippen molar-refractivity contribution in [3.8, 4) is 0 Å². The van der Waals surface area contributed by atoms with Crippen molar-refractivity contribution in [3.05, 3.63) is 34.9 Å². The van der Waals surface area contributed by atoms with Crippen molar-refractivity contribution >= 4 is 5.65 Å². The van der Waals surface area contributed by atoms with Crippen LogP contribution in [0.3, 0.4) is 0 Å². The minimum absolute atomic E-state index is 0.0567. The van der Waals surface area contributed by atoms with Gasteiger partial charge in [-0.15, -0.1) is 5.10 Å². The number of pyridine rings is 1. The third kappa shape index (κ3) is 2.54. The molecule has 0 spiro atoms. The fourth-order valence-corrected chi connectivity index (χ4v) is 2.57. The van der Waals surface area contributed by atoms with Crippen LogP contribution in [0.15, 0.2) is 29.2 Å². The first kappa shape index (κ1) is 12.4. The highest BCUT2D eigenvalue weighted by Crippen LogP contribution is 1.99. The minimum Gasteiger partial charge on any atom is -0.312 e. The van der Waals surface area contributed by atoms with Gasteiger partial charge in [0.25, 0.3) is 0 Å². The van der Waals surface area contributed by atoms with Crippen molar-refractivity contribution < 1.29 is 0 Å². The monoisotopic (exact) mass is 261 g/mol. The molecule has 0 amide bonds. The molecule has 1 aliphatic rings. The zero-order valence-corrected chi connectivity index (χ0v) is 11.1. The molecule has 102 valence electrons. The number of aromatic nitrogens is 3. The summed E-state index contributed by atoms with van der Waals surface area (Å²) in [5.41, 5.74) is 0.653. The quantitative estimate of drug-likeness (QED) is 0.830. The van der Waals surface area contributed by atoms with E-state index in [0.29, 0.717) is 18.2 Å². The Kier molecular flexibility index (Phi) is 3.35. The van der Waals surface area contributed by atoms with E-state index in [1.165, 1.54) is 0 Å². The molecular weight excluding hydrogens is 242 g/mol. The summed E-state index contributed by atoms with van der Waals surface area (Å²) in [5, 5.41) is 7.75. The Morgan fingerprint density at radius 1 is 1.42 bits per heavy atom. The number of hydrogen-bond donors (Lipinski definition) is 1. The minimum atomic E-state index is -0.0567. The van der Waals surface area contributed by atoms with Crippen molar-refractivity contribution in [1.29, 1.82) is 0 Å². The van der Waals surface area contributed by atoms with Gasteiger partial charge in [-0.2, -0.15) is 0 Å². The lowest BCUT2D eigenvalue weighted by Crippen LogP contribution is -2.50. The Hall–Kier alpha value is -1.66. The third-order valence-electron chi connectivity index (χ3n) is 3.57. The molecule has 0 aromatic carbocycles. The highest BCUT2D eigenvalue weighted by Gasteiger charge is 2.15. The van der Waals surface area contributed by atoms with Crippen molar-refractivity contribution in [2.75, 3.05) is 26.2 Å². The molecule has 6 heteroatoms. The molecule has 0 radical (unpaired) electrons. The van der Waals surface area contributed by atoms with E-state index >= 15 is 0 Å². The second-order valence-electron chi connectivity index (χ2n) is 5.09. The summed E-state index contributed by atoms with van der Waals surface area (Å²) in [7, 11) is 0. The molecular formula is C13H19N5O. The highest BCUT2D eigenvalue weighted by molar-refractivity contribution is 5.35. The van der Waals surface area contributed by atoms with E-state index in [2.05, 4.69) is 22.2 Å². The molecule has 19 heavy (non-hydrogen) atoms.